The van der Waals surface area contributed by atoms with Gasteiger partial charge >= 0.3 is 6.09 Å². The first-order chi connectivity index (χ1) is 12.5. The highest BCUT2D eigenvalue weighted by Crippen LogP contribution is 2.10. The Bertz CT molecular complexity index is 763. The molecule has 0 aliphatic carbocycles. The van der Waals surface area contributed by atoms with E-state index in [-0.39, 0.29) is 18.9 Å². The molecule has 0 saturated heterocycles. The summed E-state index contributed by atoms with van der Waals surface area (Å²) >= 11 is 3.29. The highest BCUT2D eigenvalue weighted by atomic mass is 79.9. The van der Waals surface area contributed by atoms with Gasteiger partial charge in [0.1, 0.15) is 12.6 Å². The van der Waals surface area contributed by atoms with Crippen LogP contribution < -0.4 is 10.6 Å². The zero-order valence-corrected chi connectivity index (χ0v) is 15.8. The molecule has 0 spiro atoms. The van der Waals surface area contributed by atoms with Gasteiger partial charge in [0.15, 0.2) is 5.78 Å². The van der Waals surface area contributed by atoms with Gasteiger partial charge in [-0.1, -0.05) is 58.4 Å². The summed E-state index contributed by atoms with van der Waals surface area (Å²) in [6, 6.07) is 15.2. The fraction of sp³-hybridized carbons (Fsp3) is 0.211. The van der Waals surface area contributed by atoms with Crippen molar-refractivity contribution in [3.05, 3.63) is 70.2 Å². The lowest BCUT2D eigenvalue weighted by Crippen LogP contribution is -2.46. The number of ketones is 1. The molecule has 0 heterocycles. The Morgan fingerprint density at radius 1 is 1.04 bits per heavy atom. The average molecular weight is 419 g/mol. The molecule has 0 bridgehead atoms. The molecule has 0 aromatic heterocycles. The van der Waals surface area contributed by atoms with Gasteiger partial charge < -0.3 is 15.4 Å². The average Bonchev–Trinajstić information content (AvgIpc) is 2.65. The van der Waals surface area contributed by atoms with E-state index < -0.39 is 18.0 Å². The number of rotatable bonds is 7. The van der Waals surface area contributed by atoms with Crippen molar-refractivity contribution in [1.29, 1.82) is 0 Å². The minimum atomic E-state index is -0.823. The van der Waals surface area contributed by atoms with Gasteiger partial charge in [0.25, 0.3) is 0 Å². The van der Waals surface area contributed by atoms with Gasteiger partial charge in [-0.2, -0.15) is 0 Å². The number of ether oxygens (including phenoxy) is 1. The van der Waals surface area contributed by atoms with Crippen LogP contribution in [-0.4, -0.2) is 30.4 Å². The molecule has 2 aromatic carbocycles. The van der Waals surface area contributed by atoms with Crippen LogP contribution in [0.1, 0.15) is 22.8 Å². The van der Waals surface area contributed by atoms with E-state index in [0.717, 1.165) is 10.0 Å². The maximum atomic E-state index is 12.0. The third kappa shape index (κ3) is 6.33. The number of hydrogen-bond donors (Lipinski definition) is 2. The summed E-state index contributed by atoms with van der Waals surface area (Å²) in [5, 5.41) is 4.93. The lowest BCUT2D eigenvalue weighted by Gasteiger charge is -2.14. The molecule has 0 saturated carbocycles. The topological polar surface area (TPSA) is 84.5 Å². The molecule has 7 heteroatoms. The Morgan fingerprint density at radius 2 is 1.69 bits per heavy atom. The van der Waals surface area contributed by atoms with Crippen LogP contribution in [0.4, 0.5) is 4.79 Å². The van der Waals surface area contributed by atoms with Crippen LogP contribution in [0.5, 0.6) is 0 Å². The number of alkyl carbamates (subject to hydrolysis) is 1. The summed E-state index contributed by atoms with van der Waals surface area (Å²) < 4.78 is 5.92. The van der Waals surface area contributed by atoms with Gasteiger partial charge in [-0.05, 0) is 24.6 Å². The molecule has 6 nitrogen and oxygen atoms in total. The second-order valence-electron chi connectivity index (χ2n) is 5.58. The van der Waals surface area contributed by atoms with Crippen molar-refractivity contribution in [3.8, 4) is 0 Å². The Balaban J connectivity index is 1.73. The maximum absolute atomic E-state index is 12.0. The predicted octanol–water partition coefficient (Wildman–Crippen LogP) is 3.06. The number of amides is 2. The minimum absolute atomic E-state index is 0.114. The molecule has 1 atom stereocenters. The van der Waals surface area contributed by atoms with Crippen molar-refractivity contribution in [2.24, 2.45) is 0 Å². The fourth-order valence-corrected chi connectivity index (χ4v) is 2.33. The fourth-order valence-electron chi connectivity index (χ4n) is 2.07. The van der Waals surface area contributed by atoms with E-state index in [9.17, 15) is 14.4 Å². The zero-order chi connectivity index (χ0) is 18.9. The molecule has 0 unspecified atom stereocenters. The SMILES string of the molecule is C[C@H](NC(=O)OCc1ccccc1)C(=O)NCC(=O)c1ccc(Br)cc1. The van der Waals surface area contributed by atoms with Crippen LogP contribution in [0.3, 0.4) is 0 Å². The van der Waals surface area contributed by atoms with Crippen molar-refractivity contribution in [1.82, 2.24) is 10.6 Å². The Morgan fingerprint density at radius 3 is 2.35 bits per heavy atom. The monoisotopic (exact) mass is 418 g/mol. The first kappa shape index (κ1) is 19.7. The van der Waals surface area contributed by atoms with Crippen LogP contribution in [0.25, 0.3) is 0 Å². The van der Waals surface area contributed by atoms with Gasteiger partial charge in [0, 0.05) is 10.0 Å². The molecule has 0 fully saturated rings. The molecule has 2 amide bonds. The van der Waals surface area contributed by atoms with E-state index in [1.807, 2.05) is 30.3 Å². The van der Waals surface area contributed by atoms with Gasteiger partial charge in [-0.15, -0.1) is 0 Å². The number of carbonyl (C=O) groups is 3. The van der Waals surface area contributed by atoms with Crippen molar-refractivity contribution < 1.29 is 19.1 Å². The van der Waals surface area contributed by atoms with E-state index in [1.165, 1.54) is 6.92 Å². The first-order valence-electron chi connectivity index (χ1n) is 7.99. The molecule has 2 N–H and O–H groups in total. The van der Waals surface area contributed by atoms with Crippen molar-refractivity contribution >= 4 is 33.7 Å². The predicted molar refractivity (Wildman–Crippen MR) is 101 cm³/mol. The summed E-state index contributed by atoms with van der Waals surface area (Å²) in [7, 11) is 0. The van der Waals surface area contributed by atoms with E-state index in [4.69, 9.17) is 4.74 Å². The molecule has 136 valence electrons. The van der Waals surface area contributed by atoms with Gasteiger partial charge in [0.2, 0.25) is 5.91 Å². The first-order valence-corrected chi connectivity index (χ1v) is 8.78. The van der Waals surface area contributed by atoms with Gasteiger partial charge in [-0.3, -0.25) is 9.59 Å². The summed E-state index contributed by atoms with van der Waals surface area (Å²) in [5.41, 5.74) is 1.34. The van der Waals surface area contributed by atoms with Crippen LogP contribution >= 0.6 is 15.9 Å². The molecule has 26 heavy (non-hydrogen) atoms. The molecular formula is C19H19BrN2O4. The largest absolute Gasteiger partial charge is 0.445 e. The Labute approximate surface area is 160 Å². The summed E-state index contributed by atoms with van der Waals surface area (Å²) in [6.07, 6.45) is -0.698. The lowest BCUT2D eigenvalue weighted by atomic mass is 10.1. The second-order valence-corrected chi connectivity index (χ2v) is 6.49. The zero-order valence-electron chi connectivity index (χ0n) is 14.2. The molecular weight excluding hydrogens is 400 g/mol. The maximum Gasteiger partial charge on any atom is 0.408 e. The smallest absolute Gasteiger partial charge is 0.408 e. The highest BCUT2D eigenvalue weighted by Gasteiger charge is 2.17. The van der Waals surface area contributed by atoms with Crippen LogP contribution in [-0.2, 0) is 16.1 Å². The van der Waals surface area contributed by atoms with Crippen molar-refractivity contribution in [2.45, 2.75) is 19.6 Å². The van der Waals surface area contributed by atoms with E-state index in [2.05, 4.69) is 26.6 Å². The third-order valence-corrected chi connectivity index (χ3v) is 4.06. The molecule has 0 radical (unpaired) electrons. The molecule has 2 rings (SSSR count). The van der Waals surface area contributed by atoms with Gasteiger partial charge in [0.05, 0.1) is 6.54 Å². The molecule has 2 aromatic rings. The molecule has 0 aliphatic rings. The van der Waals surface area contributed by atoms with E-state index >= 15 is 0 Å². The minimum Gasteiger partial charge on any atom is -0.445 e. The standard InChI is InChI=1S/C19H19BrN2O4/c1-13(22-19(25)26-12-14-5-3-2-4-6-14)18(24)21-11-17(23)15-7-9-16(20)10-8-15/h2-10,13H,11-12H2,1H3,(H,21,24)(H,22,25)/t13-/m0/s1. The van der Waals surface area contributed by atoms with E-state index in [0.29, 0.717) is 5.56 Å². The van der Waals surface area contributed by atoms with Crippen LogP contribution in [0.15, 0.2) is 59.1 Å². The van der Waals surface area contributed by atoms with Crippen LogP contribution in [0.2, 0.25) is 0 Å². The number of hydrogen-bond acceptors (Lipinski definition) is 4. The second kappa shape index (κ2) is 9.72. The van der Waals surface area contributed by atoms with Gasteiger partial charge in [-0.25, -0.2) is 4.79 Å². The number of nitrogens with one attached hydrogen (secondary N) is 2. The number of Topliss-reactive ketones (excluding diaryl/α,β-unsaturated/α-hetero) is 1. The lowest BCUT2D eigenvalue weighted by molar-refractivity contribution is -0.122. The summed E-state index contributed by atoms with van der Waals surface area (Å²) in [4.78, 5) is 35.8. The Kier molecular flexibility index (Phi) is 7.35. The third-order valence-electron chi connectivity index (χ3n) is 3.53. The summed E-state index contributed by atoms with van der Waals surface area (Å²) in [6.45, 7) is 1.48. The van der Waals surface area contributed by atoms with E-state index in [1.54, 1.807) is 24.3 Å². The number of carbonyl (C=O) groups excluding carboxylic acids is 3. The number of halogens is 1. The Hall–Kier alpha value is -2.67. The molecule has 0 aliphatic heterocycles. The van der Waals surface area contributed by atoms with Crippen molar-refractivity contribution in [3.63, 3.8) is 0 Å². The normalized spacial score (nSPS) is 11.3. The summed E-state index contributed by atoms with van der Waals surface area (Å²) in [5.74, 6) is -0.683. The van der Waals surface area contributed by atoms with Crippen LogP contribution in [0, 0.1) is 0 Å². The van der Waals surface area contributed by atoms with Crippen molar-refractivity contribution in [2.75, 3.05) is 6.54 Å². The highest BCUT2D eigenvalue weighted by molar-refractivity contribution is 9.10. The quantitative estimate of drug-likeness (QED) is 0.676. The number of benzene rings is 2.